The van der Waals surface area contributed by atoms with Crippen LogP contribution in [0.25, 0.3) is 0 Å². The molecule has 0 N–H and O–H groups in total. The van der Waals surface area contributed by atoms with Crippen molar-refractivity contribution in [3.8, 4) is 0 Å². The number of allylic oxidation sites excluding steroid dienone is 1. The number of hydrogen-bond donors (Lipinski definition) is 0. The highest BCUT2D eigenvalue weighted by molar-refractivity contribution is 5.94. The van der Waals surface area contributed by atoms with E-state index in [4.69, 9.17) is 4.74 Å². The van der Waals surface area contributed by atoms with Gasteiger partial charge >= 0.3 is 5.97 Å². The van der Waals surface area contributed by atoms with Gasteiger partial charge in [-0.2, -0.15) is 0 Å². The summed E-state index contributed by atoms with van der Waals surface area (Å²) in [5.74, 6) is -0.680. The van der Waals surface area contributed by atoms with Crippen LogP contribution in [0.5, 0.6) is 0 Å². The van der Waals surface area contributed by atoms with Crippen molar-refractivity contribution in [2.24, 2.45) is 0 Å². The third kappa shape index (κ3) is 4.76. The average Bonchev–Trinajstić information content (AvgIpc) is 2.25. The van der Waals surface area contributed by atoms with Gasteiger partial charge in [-0.25, -0.2) is 4.79 Å². The van der Waals surface area contributed by atoms with E-state index in [2.05, 4.69) is 0 Å². The van der Waals surface area contributed by atoms with E-state index in [9.17, 15) is 9.59 Å². The molecule has 1 aromatic carbocycles. The maximum absolute atomic E-state index is 11.1. The van der Waals surface area contributed by atoms with Crippen molar-refractivity contribution in [3.63, 3.8) is 0 Å². The molecule has 3 nitrogen and oxygen atoms in total. The summed E-state index contributed by atoms with van der Waals surface area (Å²) in [5, 5.41) is 0. The minimum absolute atomic E-state index is 0.174. The second-order valence-corrected chi connectivity index (χ2v) is 3.04. The van der Waals surface area contributed by atoms with Crippen LogP contribution in [-0.2, 0) is 20.9 Å². The third-order valence-corrected chi connectivity index (χ3v) is 1.68. The van der Waals surface area contributed by atoms with Crippen LogP contribution >= 0.6 is 0 Å². The standard InChI is InChI=1S/C12H12O3/c1-10(13)7-8-12(14)15-9-11-5-3-2-4-6-11/h2-8H,9H2,1H3/b8-7-. The van der Waals surface area contributed by atoms with E-state index in [1.807, 2.05) is 30.3 Å². The summed E-state index contributed by atoms with van der Waals surface area (Å²) < 4.78 is 4.90. The monoisotopic (exact) mass is 204 g/mol. The molecule has 0 aliphatic heterocycles. The highest BCUT2D eigenvalue weighted by atomic mass is 16.5. The molecule has 0 heterocycles. The molecule has 3 heteroatoms. The summed E-state index contributed by atoms with van der Waals surface area (Å²) in [6, 6.07) is 9.36. The van der Waals surface area contributed by atoms with E-state index in [0.717, 1.165) is 11.6 Å². The Balaban J connectivity index is 2.38. The number of ether oxygens (including phenoxy) is 1. The zero-order valence-electron chi connectivity index (χ0n) is 8.47. The summed E-state index contributed by atoms with van der Waals surface area (Å²) in [4.78, 5) is 21.6. The molecule has 0 fully saturated rings. The predicted octanol–water partition coefficient (Wildman–Crippen LogP) is 1.87. The minimum atomic E-state index is -0.506. The van der Waals surface area contributed by atoms with E-state index in [1.54, 1.807) is 0 Å². The average molecular weight is 204 g/mol. The summed E-state index contributed by atoms with van der Waals surface area (Å²) in [7, 11) is 0. The lowest BCUT2D eigenvalue weighted by atomic mass is 10.2. The van der Waals surface area contributed by atoms with Crippen LogP contribution in [0.3, 0.4) is 0 Å². The summed E-state index contributed by atoms with van der Waals surface area (Å²) in [5.41, 5.74) is 0.919. The van der Waals surface area contributed by atoms with Gasteiger partial charge in [0.2, 0.25) is 0 Å². The maximum Gasteiger partial charge on any atom is 0.331 e. The normalized spacial score (nSPS) is 10.2. The maximum atomic E-state index is 11.1. The smallest absolute Gasteiger partial charge is 0.331 e. The molecule has 0 saturated carbocycles. The molecule has 0 aliphatic carbocycles. The van der Waals surface area contributed by atoms with E-state index in [-0.39, 0.29) is 12.4 Å². The van der Waals surface area contributed by atoms with Crippen LogP contribution in [0.1, 0.15) is 12.5 Å². The number of carbonyl (C=O) groups excluding carboxylic acids is 2. The molecular formula is C12H12O3. The molecule has 0 saturated heterocycles. The van der Waals surface area contributed by atoms with E-state index >= 15 is 0 Å². The molecule has 1 aromatic rings. The Morgan fingerprint density at radius 2 is 1.87 bits per heavy atom. The Kier molecular flexibility index (Phi) is 4.29. The number of esters is 1. The second-order valence-electron chi connectivity index (χ2n) is 3.04. The van der Waals surface area contributed by atoms with Gasteiger partial charge in [0.25, 0.3) is 0 Å². The molecule has 0 spiro atoms. The van der Waals surface area contributed by atoms with Crippen molar-refractivity contribution in [1.29, 1.82) is 0 Å². The van der Waals surface area contributed by atoms with Gasteiger partial charge in [-0.3, -0.25) is 4.79 Å². The Morgan fingerprint density at radius 1 is 1.20 bits per heavy atom. The quantitative estimate of drug-likeness (QED) is 0.555. The molecular weight excluding hydrogens is 192 g/mol. The topological polar surface area (TPSA) is 43.4 Å². The summed E-state index contributed by atoms with van der Waals surface area (Å²) >= 11 is 0. The Morgan fingerprint density at radius 3 is 2.47 bits per heavy atom. The Hall–Kier alpha value is -1.90. The van der Waals surface area contributed by atoms with Gasteiger partial charge in [0.1, 0.15) is 6.61 Å². The van der Waals surface area contributed by atoms with E-state index in [0.29, 0.717) is 0 Å². The molecule has 0 radical (unpaired) electrons. The van der Waals surface area contributed by atoms with Gasteiger partial charge in [0.15, 0.2) is 5.78 Å². The van der Waals surface area contributed by atoms with Gasteiger partial charge in [-0.1, -0.05) is 30.3 Å². The first kappa shape index (κ1) is 11.2. The zero-order valence-corrected chi connectivity index (χ0v) is 8.47. The molecule has 78 valence electrons. The van der Waals surface area contributed by atoms with Crippen molar-refractivity contribution in [3.05, 3.63) is 48.0 Å². The first-order chi connectivity index (χ1) is 7.18. The van der Waals surface area contributed by atoms with Crippen LogP contribution in [0.4, 0.5) is 0 Å². The number of rotatable bonds is 4. The van der Waals surface area contributed by atoms with Gasteiger partial charge in [-0.05, 0) is 18.6 Å². The number of carbonyl (C=O) groups is 2. The molecule has 15 heavy (non-hydrogen) atoms. The van der Waals surface area contributed by atoms with E-state index < -0.39 is 5.97 Å². The van der Waals surface area contributed by atoms with Crippen LogP contribution in [0.2, 0.25) is 0 Å². The lowest BCUT2D eigenvalue weighted by Crippen LogP contribution is -2.01. The molecule has 0 bridgehead atoms. The van der Waals surface area contributed by atoms with Crippen LogP contribution in [0, 0.1) is 0 Å². The highest BCUT2D eigenvalue weighted by Crippen LogP contribution is 2.00. The fourth-order valence-electron chi connectivity index (χ4n) is 0.962. The SMILES string of the molecule is CC(=O)/C=C\C(=O)OCc1ccccc1. The van der Waals surface area contributed by atoms with Gasteiger partial charge in [0, 0.05) is 6.08 Å². The molecule has 0 unspecified atom stereocenters. The van der Waals surface area contributed by atoms with Gasteiger partial charge in [-0.15, -0.1) is 0 Å². The zero-order chi connectivity index (χ0) is 11.1. The van der Waals surface area contributed by atoms with Crippen LogP contribution in [-0.4, -0.2) is 11.8 Å². The van der Waals surface area contributed by atoms with Crippen molar-refractivity contribution in [1.82, 2.24) is 0 Å². The van der Waals surface area contributed by atoms with Gasteiger partial charge < -0.3 is 4.74 Å². The Bertz CT molecular complexity index is 366. The predicted molar refractivity (Wildman–Crippen MR) is 56.1 cm³/mol. The number of benzene rings is 1. The number of ketones is 1. The summed E-state index contributed by atoms with van der Waals surface area (Å²) in [6.45, 7) is 1.60. The molecule has 1 rings (SSSR count). The van der Waals surface area contributed by atoms with Crippen molar-refractivity contribution in [2.75, 3.05) is 0 Å². The fourth-order valence-corrected chi connectivity index (χ4v) is 0.962. The van der Waals surface area contributed by atoms with Crippen LogP contribution < -0.4 is 0 Å². The third-order valence-electron chi connectivity index (χ3n) is 1.68. The van der Waals surface area contributed by atoms with Crippen molar-refractivity contribution < 1.29 is 14.3 Å². The molecule has 0 aliphatic rings. The summed E-state index contributed by atoms with van der Waals surface area (Å²) in [6.07, 6.45) is 2.32. The lowest BCUT2D eigenvalue weighted by Gasteiger charge is -2.00. The van der Waals surface area contributed by atoms with Crippen molar-refractivity contribution in [2.45, 2.75) is 13.5 Å². The molecule has 0 amide bonds. The highest BCUT2D eigenvalue weighted by Gasteiger charge is 1.98. The molecule has 0 aromatic heterocycles. The van der Waals surface area contributed by atoms with Crippen LogP contribution in [0.15, 0.2) is 42.5 Å². The fraction of sp³-hybridized carbons (Fsp3) is 0.167. The van der Waals surface area contributed by atoms with Crippen molar-refractivity contribution >= 4 is 11.8 Å². The first-order valence-electron chi connectivity index (χ1n) is 4.58. The number of hydrogen-bond acceptors (Lipinski definition) is 3. The largest absolute Gasteiger partial charge is 0.458 e. The Labute approximate surface area is 88.4 Å². The molecule has 0 atom stereocenters. The van der Waals surface area contributed by atoms with Gasteiger partial charge in [0.05, 0.1) is 0 Å². The lowest BCUT2D eigenvalue weighted by molar-refractivity contribution is -0.139. The first-order valence-corrected chi connectivity index (χ1v) is 4.58. The van der Waals surface area contributed by atoms with E-state index in [1.165, 1.54) is 13.0 Å². The minimum Gasteiger partial charge on any atom is -0.458 e. The second kappa shape index (κ2) is 5.75.